The first kappa shape index (κ1) is 49.8. The Morgan fingerprint density at radius 2 is 0.758 bits per heavy atom. The predicted molar refractivity (Wildman–Crippen MR) is 249 cm³/mol. The number of benzene rings is 8. The number of alkyl halides is 5. The molecule has 1 N–H and O–H groups in total. The maximum Gasteiger partial charge on any atom is 0.461 e. The van der Waals surface area contributed by atoms with Gasteiger partial charge in [-0.3, -0.25) is 4.79 Å². The number of hydrogen-bond acceptors (Lipinski definition) is 6. The first-order valence-corrected chi connectivity index (χ1v) is 23.3. The normalized spacial score (nSPS) is 11.6. The van der Waals surface area contributed by atoms with Crippen molar-refractivity contribution in [1.82, 2.24) is 0 Å². The summed E-state index contributed by atoms with van der Waals surface area (Å²) in [7, 11) is -5.55. The summed E-state index contributed by atoms with van der Waals surface area (Å²) in [6, 6.07) is 67.1. The van der Waals surface area contributed by atoms with Crippen molar-refractivity contribution in [2.24, 2.45) is 0 Å². The molecule has 1 radical (unpaired) electrons. The molecule has 6 nitrogen and oxygen atoms in total. The standard InChI is InChI=1S/2C18H15OP.C16H7F5O4.Eu/c2*19-20(16-10-4-1-5-11-16,17-12-6-2-7-13-17)18-14-8-3-9-15-18;17-15(18,16(19,20)21)13(23)11-12(22)10-8-4-2-1-3-7(8)5-6-9(10)25-14(11)24;/h2*1-15H;1-6,22H;. The van der Waals surface area contributed by atoms with Crippen molar-refractivity contribution >= 4 is 73.6 Å². The molecule has 0 bridgehead atoms. The van der Waals surface area contributed by atoms with Crippen LogP contribution >= 0.6 is 14.3 Å². The minimum atomic E-state index is -6.23. The van der Waals surface area contributed by atoms with Gasteiger partial charge < -0.3 is 18.7 Å². The maximum atomic E-state index is 13.8. The number of rotatable bonds is 8. The Bertz CT molecular complexity index is 2880. The molecule has 9 rings (SSSR count). The van der Waals surface area contributed by atoms with Gasteiger partial charge in [-0.1, -0.05) is 212 Å². The number of halogens is 5. The first-order valence-electron chi connectivity index (χ1n) is 19.9. The molecule has 0 aliphatic heterocycles. The van der Waals surface area contributed by atoms with E-state index < -0.39 is 49.1 Å². The van der Waals surface area contributed by atoms with E-state index in [1.165, 1.54) is 24.3 Å². The van der Waals surface area contributed by atoms with Gasteiger partial charge in [0.1, 0.15) is 11.3 Å². The van der Waals surface area contributed by atoms with Gasteiger partial charge in [0, 0.05) is 81.2 Å². The summed E-state index contributed by atoms with van der Waals surface area (Å²) in [6.45, 7) is 0. The van der Waals surface area contributed by atoms with E-state index in [1.807, 2.05) is 182 Å². The molecule has 0 amide bonds. The van der Waals surface area contributed by atoms with Gasteiger partial charge in [-0.05, 0) is 16.8 Å². The van der Waals surface area contributed by atoms with Crippen molar-refractivity contribution in [3.63, 3.8) is 0 Å². The van der Waals surface area contributed by atoms with Crippen LogP contribution < -0.4 is 37.5 Å². The molecule has 0 aliphatic rings. The molecule has 0 aliphatic carbocycles. The second-order valence-electron chi connectivity index (χ2n) is 14.4. The zero-order chi connectivity index (χ0) is 46.2. The third kappa shape index (κ3) is 10.2. The predicted octanol–water partition coefficient (Wildman–Crippen LogP) is 10.7. The van der Waals surface area contributed by atoms with Crippen LogP contribution in [0.15, 0.2) is 228 Å². The SMILES string of the molecule is O=C(c1c(O)c2c(ccc3ccccc32)oc1=O)C(F)(F)C(F)(F)F.O=P(c1ccccc1)(c1ccccc1)c1ccccc1.O=P(c1ccccc1)(c1ccccc1)c1ccccc1.[Eu]. The second-order valence-corrected chi connectivity index (χ2v) is 19.9. The summed E-state index contributed by atoms with van der Waals surface area (Å²) in [5, 5.41) is 15.8. The third-order valence-electron chi connectivity index (χ3n) is 10.4. The number of hydrogen-bond donors (Lipinski definition) is 1. The fourth-order valence-corrected chi connectivity index (χ4v) is 12.5. The van der Waals surface area contributed by atoms with Crippen LogP contribution in [-0.4, -0.2) is 23.0 Å². The zero-order valence-electron chi connectivity index (χ0n) is 34.4. The van der Waals surface area contributed by atoms with Crippen molar-refractivity contribution in [2.45, 2.75) is 12.1 Å². The van der Waals surface area contributed by atoms with Crippen molar-refractivity contribution in [1.29, 1.82) is 0 Å². The number of ketones is 1. The van der Waals surface area contributed by atoms with Crippen LogP contribution in [0.25, 0.3) is 21.7 Å². The van der Waals surface area contributed by atoms with Gasteiger partial charge in [0.15, 0.2) is 19.8 Å². The van der Waals surface area contributed by atoms with Crippen LogP contribution in [0.1, 0.15) is 10.4 Å². The van der Waals surface area contributed by atoms with Gasteiger partial charge >= 0.3 is 17.7 Å². The minimum absolute atomic E-state index is 0. The molecule has 66 heavy (non-hydrogen) atoms. The molecule has 1 aromatic heterocycles. The Balaban J connectivity index is 0.000000164. The Labute approximate surface area is 417 Å². The summed E-state index contributed by atoms with van der Waals surface area (Å²) in [5.74, 6) is -10.0. The van der Waals surface area contributed by atoms with E-state index in [0.29, 0.717) is 5.39 Å². The number of carbonyl (C=O) groups is 1. The molecule has 0 fully saturated rings. The van der Waals surface area contributed by atoms with E-state index in [1.54, 1.807) is 12.1 Å². The Morgan fingerprint density at radius 1 is 0.455 bits per heavy atom. The molecule has 1 heterocycles. The van der Waals surface area contributed by atoms with Crippen LogP contribution in [0.4, 0.5) is 22.0 Å². The molecule has 0 saturated heterocycles. The van der Waals surface area contributed by atoms with Gasteiger partial charge in [-0.25, -0.2) is 4.79 Å². The first-order chi connectivity index (χ1) is 31.2. The number of Topliss-reactive ketones (excluding diaryl/α,β-unsaturated/α-hetero) is 1. The maximum absolute atomic E-state index is 13.8. The van der Waals surface area contributed by atoms with E-state index in [2.05, 4.69) is 4.42 Å². The van der Waals surface area contributed by atoms with Crippen LogP contribution in [0.5, 0.6) is 5.75 Å². The molecule has 8 aromatic carbocycles. The zero-order valence-corrected chi connectivity index (χ0v) is 38.6. The van der Waals surface area contributed by atoms with E-state index in [-0.39, 0.29) is 65.7 Å². The Hall–Kier alpha value is -5.61. The van der Waals surface area contributed by atoms with Gasteiger partial charge in [0.2, 0.25) is 0 Å². The van der Waals surface area contributed by atoms with Crippen molar-refractivity contribution < 1.29 is 94.8 Å². The van der Waals surface area contributed by atoms with E-state index >= 15 is 0 Å². The summed E-state index contributed by atoms with van der Waals surface area (Å²) in [5.41, 5.74) is -3.78. The number of fused-ring (bicyclic) bond motifs is 3. The third-order valence-corrected chi connectivity index (χ3v) is 16.5. The Morgan fingerprint density at radius 3 is 1.08 bits per heavy atom. The monoisotopic (exact) mass is 1070 g/mol. The fraction of sp³-hybridized carbons (Fsp3) is 0.0385. The topological polar surface area (TPSA) is 102 Å². The second kappa shape index (κ2) is 21.4. The molecule has 0 saturated carbocycles. The van der Waals surface area contributed by atoms with Crippen LogP contribution in [0, 0.1) is 49.4 Å². The largest absolute Gasteiger partial charge is 0.506 e. The molecule has 333 valence electrons. The van der Waals surface area contributed by atoms with Crippen LogP contribution in [0.2, 0.25) is 0 Å². The average molecular weight is 1070 g/mol. The molecule has 9 aromatic rings. The average Bonchev–Trinajstić information content (AvgIpc) is 3.35. The van der Waals surface area contributed by atoms with E-state index in [9.17, 15) is 45.8 Å². The Kier molecular flexibility index (Phi) is 16.1. The van der Waals surface area contributed by atoms with Crippen molar-refractivity contribution in [3.8, 4) is 5.75 Å². The van der Waals surface area contributed by atoms with Crippen molar-refractivity contribution in [3.05, 3.63) is 234 Å². The number of carbonyl (C=O) groups excluding carboxylic acids is 1. The van der Waals surface area contributed by atoms with E-state index in [0.717, 1.165) is 31.8 Å². The van der Waals surface area contributed by atoms with Gasteiger partial charge in [0.25, 0.3) is 5.78 Å². The fourth-order valence-electron chi connectivity index (χ4n) is 7.16. The van der Waals surface area contributed by atoms with Crippen LogP contribution in [0.3, 0.4) is 0 Å². The van der Waals surface area contributed by atoms with E-state index in [4.69, 9.17) is 0 Å². The summed E-state index contributed by atoms with van der Waals surface area (Å²) < 4.78 is 96.2. The van der Waals surface area contributed by atoms with Crippen LogP contribution in [-0.2, 0) is 9.13 Å². The summed E-state index contributed by atoms with van der Waals surface area (Å²) in [6.07, 6.45) is -6.23. The van der Waals surface area contributed by atoms with Gasteiger partial charge in [-0.15, -0.1) is 0 Å². The summed E-state index contributed by atoms with van der Waals surface area (Å²) in [4.78, 5) is 23.4. The quantitative estimate of drug-likeness (QED) is 0.0535. The van der Waals surface area contributed by atoms with Gasteiger partial charge in [0.05, 0.1) is 5.39 Å². The molecule has 14 heteroatoms. The number of aromatic hydroxyl groups is 1. The molecule has 0 atom stereocenters. The molecule has 0 unspecified atom stereocenters. The molecule has 0 spiro atoms. The van der Waals surface area contributed by atoms with Crippen molar-refractivity contribution in [2.75, 3.05) is 0 Å². The molecular formula is C52H37EuF5O6P2. The smallest absolute Gasteiger partial charge is 0.461 e. The van der Waals surface area contributed by atoms with Gasteiger partial charge in [-0.2, -0.15) is 22.0 Å². The summed E-state index contributed by atoms with van der Waals surface area (Å²) >= 11 is 0. The molecular weight excluding hydrogens is 1030 g/mol. The minimum Gasteiger partial charge on any atom is -0.506 e.